The van der Waals surface area contributed by atoms with Crippen molar-refractivity contribution in [2.45, 2.75) is 71.4 Å². The summed E-state index contributed by atoms with van der Waals surface area (Å²) < 4.78 is 5.72. The first-order chi connectivity index (χ1) is 14.9. The quantitative estimate of drug-likeness (QED) is 0.529. The average Bonchev–Trinajstić information content (AvgIpc) is 3.55. The number of carbonyl (C=O) groups excluding carboxylic acids is 1. The molecule has 1 amide bonds. The van der Waals surface area contributed by atoms with Gasteiger partial charge < -0.3 is 19.9 Å². The van der Waals surface area contributed by atoms with Gasteiger partial charge in [0.2, 0.25) is 0 Å². The second-order valence-corrected chi connectivity index (χ2v) is 9.64. The van der Waals surface area contributed by atoms with Crippen molar-refractivity contribution in [2.75, 3.05) is 32.7 Å². The van der Waals surface area contributed by atoms with Gasteiger partial charge in [0.15, 0.2) is 5.96 Å². The van der Waals surface area contributed by atoms with Gasteiger partial charge in [-0.05, 0) is 77.3 Å². The van der Waals surface area contributed by atoms with Crippen LogP contribution in [-0.2, 0) is 11.2 Å². The van der Waals surface area contributed by atoms with E-state index in [1.165, 1.54) is 18.4 Å². The lowest BCUT2D eigenvalue weighted by atomic mass is 10.0. The maximum atomic E-state index is 12.9. The molecule has 1 aliphatic carbocycles. The number of hydrogen-bond acceptors (Lipinski definition) is 4. The van der Waals surface area contributed by atoms with Crippen LogP contribution in [0.15, 0.2) is 29.5 Å². The van der Waals surface area contributed by atoms with E-state index in [0.29, 0.717) is 5.92 Å². The molecule has 1 aliphatic heterocycles. The molecule has 0 radical (unpaired) electrons. The first kappa shape index (κ1) is 23.4. The molecule has 0 unspecified atom stereocenters. The first-order valence-corrected chi connectivity index (χ1v) is 11.8. The Morgan fingerprint density at radius 1 is 1.29 bits per heavy atom. The number of hydrogen-bond donors (Lipinski definition) is 1. The van der Waals surface area contributed by atoms with Crippen LogP contribution in [0.3, 0.4) is 0 Å². The van der Waals surface area contributed by atoms with Crippen molar-refractivity contribution in [3.63, 3.8) is 0 Å². The SMILES string of the molecule is CCNC(=NCCc1cccnc1)N1CCC(N(CC2CC2)C(=O)OC(C)(C)C)CC1. The van der Waals surface area contributed by atoms with Gasteiger partial charge in [-0.2, -0.15) is 0 Å². The number of aromatic nitrogens is 1. The van der Waals surface area contributed by atoms with E-state index in [4.69, 9.17) is 9.73 Å². The maximum Gasteiger partial charge on any atom is 0.410 e. The first-order valence-electron chi connectivity index (χ1n) is 11.8. The molecule has 0 atom stereocenters. The molecule has 0 aromatic carbocycles. The van der Waals surface area contributed by atoms with Gasteiger partial charge in [-0.15, -0.1) is 0 Å². The standard InChI is InChI=1S/C24H39N5O2/c1-5-26-22(27-14-10-19-7-6-13-25-17-19)28-15-11-21(12-16-28)29(18-20-8-9-20)23(30)31-24(2,3)4/h6-7,13,17,20-21H,5,8-12,14-16,18H2,1-4H3,(H,26,27). The molecule has 1 saturated heterocycles. The lowest BCUT2D eigenvalue weighted by Crippen LogP contribution is -2.52. The van der Waals surface area contributed by atoms with Crippen molar-refractivity contribution >= 4 is 12.1 Å². The number of carbonyl (C=O) groups is 1. The predicted octanol–water partition coefficient (Wildman–Crippen LogP) is 3.70. The summed E-state index contributed by atoms with van der Waals surface area (Å²) in [7, 11) is 0. The number of nitrogens with one attached hydrogen (secondary N) is 1. The Morgan fingerprint density at radius 2 is 2.03 bits per heavy atom. The Hall–Kier alpha value is -2.31. The minimum absolute atomic E-state index is 0.158. The van der Waals surface area contributed by atoms with Gasteiger partial charge in [-0.1, -0.05) is 6.07 Å². The van der Waals surface area contributed by atoms with Crippen LogP contribution < -0.4 is 5.32 Å². The molecule has 1 N–H and O–H groups in total. The maximum absolute atomic E-state index is 12.9. The van der Waals surface area contributed by atoms with E-state index in [9.17, 15) is 4.79 Å². The highest BCUT2D eigenvalue weighted by atomic mass is 16.6. The zero-order chi connectivity index (χ0) is 22.3. The molecule has 2 fully saturated rings. The highest BCUT2D eigenvalue weighted by molar-refractivity contribution is 5.80. The monoisotopic (exact) mass is 429 g/mol. The van der Waals surface area contributed by atoms with Crippen molar-refractivity contribution in [1.82, 2.24) is 20.1 Å². The average molecular weight is 430 g/mol. The summed E-state index contributed by atoms with van der Waals surface area (Å²) in [6.07, 6.45) is 8.77. The van der Waals surface area contributed by atoms with E-state index < -0.39 is 5.60 Å². The molecule has 1 aromatic rings. The number of likely N-dealkylation sites (tertiary alicyclic amines) is 1. The summed E-state index contributed by atoms with van der Waals surface area (Å²) in [4.78, 5) is 26.2. The molecular weight excluding hydrogens is 390 g/mol. The largest absolute Gasteiger partial charge is 0.444 e. The van der Waals surface area contributed by atoms with Gasteiger partial charge >= 0.3 is 6.09 Å². The van der Waals surface area contributed by atoms with Gasteiger partial charge in [-0.3, -0.25) is 9.98 Å². The molecule has 1 saturated carbocycles. The third-order valence-electron chi connectivity index (χ3n) is 5.70. The van der Waals surface area contributed by atoms with Crippen molar-refractivity contribution in [1.29, 1.82) is 0 Å². The Kier molecular flexibility index (Phi) is 8.15. The molecule has 7 nitrogen and oxygen atoms in total. The third kappa shape index (κ3) is 7.71. The fourth-order valence-electron chi connectivity index (χ4n) is 3.92. The van der Waals surface area contributed by atoms with E-state index in [1.54, 1.807) is 6.20 Å². The number of nitrogens with zero attached hydrogens (tertiary/aromatic N) is 4. The number of ether oxygens (including phenoxy) is 1. The van der Waals surface area contributed by atoms with E-state index in [1.807, 2.05) is 37.9 Å². The minimum Gasteiger partial charge on any atom is -0.444 e. The second kappa shape index (κ2) is 10.8. The van der Waals surface area contributed by atoms with Crippen LogP contribution in [-0.4, -0.2) is 71.2 Å². The summed E-state index contributed by atoms with van der Waals surface area (Å²) in [5, 5.41) is 3.43. The predicted molar refractivity (Wildman–Crippen MR) is 124 cm³/mol. The Balaban J connectivity index is 1.56. The fourth-order valence-corrected chi connectivity index (χ4v) is 3.92. The van der Waals surface area contributed by atoms with Crippen LogP contribution in [0.4, 0.5) is 4.79 Å². The van der Waals surface area contributed by atoms with E-state index >= 15 is 0 Å². The van der Waals surface area contributed by atoms with Crippen LogP contribution in [0, 0.1) is 5.92 Å². The van der Waals surface area contributed by atoms with Gasteiger partial charge in [0, 0.05) is 51.2 Å². The van der Waals surface area contributed by atoms with Crippen LogP contribution in [0.2, 0.25) is 0 Å². The van der Waals surface area contributed by atoms with E-state index in [2.05, 4.69) is 28.2 Å². The highest BCUT2D eigenvalue weighted by Gasteiger charge is 2.35. The number of piperidine rings is 1. The molecule has 7 heteroatoms. The summed E-state index contributed by atoms with van der Waals surface area (Å²) in [5.41, 5.74) is 0.743. The summed E-state index contributed by atoms with van der Waals surface area (Å²) in [6.45, 7) is 12.1. The number of amides is 1. The Bertz CT molecular complexity index is 719. The zero-order valence-electron chi connectivity index (χ0n) is 19.6. The van der Waals surface area contributed by atoms with Gasteiger partial charge in [0.25, 0.3) is 0 Å². The van der Waals surface area contributed by atoms with Gasteiger partial charge in [-0.25, -0.2) is 4.79 Å². The molecule has 2 heterocycles. The van der Waals surface area contributed by atoms with Crippen LogP contribution in [0.25, 0.3) is 0 Å². The van der Waals surface area contributed by atoms with Crippen LogP contribution >= 0.6 is 0 Å². The van der Waals surface area contributed by atoms with Crippen LogP contribution in [0.5, 0.6) is 0 Å². The number of guanidine groups is 1. The van der Waals surface area contributed by atoms with Crippen LogP contribution in [0.1, 0.15) is 58.9 Å². The topological polar surface area (TPSA) is 70.1 Å². The lowest BCUT2D eigenvalue weighted by molar-refractivity contribution is 0.00928. The Labute approximate surface area is 187 Å². The van der Waals surface area contributed by atoms with Crippen molar-refractivity contribution < 1.29 is 9.53 Å². The Morgan fingerprint density at radius 3 is 2.61 bits per heavy atom. The minimum atomic E-state index is -0.460. The van der Waals surface area contributed by atoms with Crippen molar-refractivity contribution in [2.24, 2.45) is 10.9 Å². The fraction of sp³-hybridized carbons (Fsp3) is 0.708. The number of rotatable bonds is 7. The van der Waals surface area contributed by atoms with Crippen molar-refractivity contribution in [3.8, 4) is 0 Å². The molecule has 1 aromatic heterocycles. The number of aliphatic imine (C=N–C) groups is 1. The van der Waals surface area contributed by atoms with E-state index in [-0.39, 0.29) is 12.1 Å². The molecule has 0 bridgehead atoms. The van der Waals surface area contributed by atoms with Gasteiger partial charge in [0.1, 0.15) is 5.60 Å². The third-order valence-corrected chi connectivity index (χ3v) is 5.70. The summed E-state index contributed by atoms with van der Waals surface area (Å²) in [5.74, 6) is 1.62. The lowest BCUT2D eigenvalue weighted by Gasteiger charge is -2.40. The molecular formula is C24H39N5O2. The molecule has 0 spiro atoms. The molecule has 2 aliphatic rings. The van der Waals surface area contributed by atoms with Gasteiger partial charge in [0.05, 0.1) is 0 Å². The normalized spacial score (nSPS) is 18.1. The van der Waals surface area contributed by atoms with E-state index in [0.717, 1.165) is 57.9 Å². The zero-order valence-corrected chi connectivity index (χ0v) is 19.6. The summed E-state index contributed by atoms with van der Waals surface area (Å²) >= 11 is 0. The molecule has 172 valence electrons. The summed E-state index contributed by atoms with van der Waals surface area (Å²) in [6, 6.07) is 4.30. The smallest absolute Gasteiger partial charge is 0.410 e. The molecule has 31 heavy (non-hydrogen) atoms. The van der Waals surface area contributed by atoms with Crippen molar-refractivity contribution in [3.05, 3.63) is 30.1 Å². The number of pyridine rings is 1. The molecule has 3 rings (SSSR count). The highest BCUT2D eigenvalue weighted by Crippen LogP contribution is 2.32. The second-order valence-electron chi connectivity index (χ2n) is 9.64.